The van der Waals surface area contributed by atoms with E-state index in [-0.39, 0.29) is 16.5 Å². The number of ether oxygens (including phenoxy) is 2. The van der Waals surface area contributed by atoms with Crippen molar-refractivity contribution in [2.75, 3.05) is 18.1 Å². The Bertz CT molecular complexity index is 1600. The molecule has 234 valence electrons. The third kappa shape index (κ3) is 7.93. The number of nitrogens with zero attached hydrogens (tertiary/aromatic N) is 3. The normalized spacial score (nSPS) is 15.9. The fourth-order valence-electron chi connectivity index (χ4n) is 4.91. The summed E-state index contributed by atoms with van der Waals surface area (Å²) in [5, 5.41) is 20.4. The van der Waals surface area contributed by atoms with E-state index in [1.807, 2.05) is 54.6 Å². The average Bonchev–Trinajstić information content (AvgIpc) is 3.64. The van der Waals surface area contributed by atoms with Crippen molar-refractivity contribution in [3.05, 3.63) is 101 Å². The Kier molecular flexibility index (Phi) is 11.3. The number of ketones is 1. The van der Waals surface area contributed by atoms with Crippen molar-refractivity contribution in [3.8, 4) is 11.5 Å². The highest BCUT2D eigenvalue weighted by Gasteiger charge is 2.48. The zero-order valence-electron chi connectivity index (χ0n) is 25.5. The van der Waals surface area contributed by atoms with Gasteiger partial charge in [0.05, 0.1) is 24.8 Å². The van der Waals surface area contributed by atoms with Gasteiger partial charge in [-0.25, -0.2) is 0 Å². The number of carbonyl (C=O) groups is 2. The Morgan fingerprint density at radius 2 is 1.49 bits per heavy atom. The molecule has 1 aliphatic rings. The molecule has 1 fully saturated rings. The summed E-state index contributed by atoms with van der Waals surface area (Å²) in [7, 11) is 0. The first-order valence-electron chi connectivity index (χ1n) is 15.3. The van der Waals surface area contributed by atoms with Crippen molar-refractivity contribution in [2.45, 2.75) is 62.1 Å². The highest BCUT2D eigenvalue weighted by Crippen LogP contribution is 2.44. The topological polar surface area (TPSA) is 102 Å². The molecule has 1 atom stereocenters. The van der Waals surface area contributed by atoms with E-state index >= 15 is 0 Å². The molecule has 1 saturated heterocycles. The number of anilines is 1. The number of benzene rings is 3. The number of Topliss-reactive ketones (excluding diaryl/α,β-unsaturated/α-hetero) is 1. The number of aliphatic hydroxyl groups excluding tert-OH is 1. The molecule has 1 aromatic heterocycles. The van der Waals surface area contributed by atoms with Crippen LogP contribution in [0.25, 0.3) is 5.76 Å². The minimum atomic E-state index is -0.903. The van der Waals surface area contributed by atoms with E-state index in [9.17, 15) is 14.7 Å². The first kappa shape index (κ1) is 32.2. The van der Waals surface area contributed by atoms with Gasteiger partial charge < -0.3 is 14.6 Å². The molecule has 1 N–H and O–H groups in total. The van der Waals surface area contributed by atoms with Crippen molar-refractivity contribution in [2.24, 2.45) is 0 Å². The summed E-state index contributed by atoms with van der Waals surface area (Å²) in [6, 6.07) is 23.3. The Labute approximate surface area is 272 Å². The second-order valence-corrected chi connectivity index (χ2v) is 12.8. The molecular formula is C35H37N3O5S2. The molecule has 0 radical (unpaired) electrons. The van der Waals surface area contributed by atoms with Gasteiger partial charge in [-0.2, -0.15) is 0 Å². The Morgan fingerprint density at radius 3 is 2.16 bits per heavy atom. The highest BCUT2D eigenvalue weighted by molar-refractivity contribution is 8.00. The van der Waals surface area contributed by atoms with Crippen LogP contribution in [0.4, 0.5) is 5.13 Å². The SMILES string of the molecule is CCCCCOc1ccc(C2C(=C(O)c3ccc(OCCCC)cc3)C(=O)C(=O)N2c2nnc(SCc3ccccc3)s2)cc1. The van der Waals surface area contributed by atoms with Crippen molar-refractivity contribution in [3.63, 3.8) is 0 Å². The van der Waals surface area contributed by atoms with Crippen LogP contribution in [0.3, 0.4) is 0 Å². The zero-order valence-corrected chi connectivity index (χ0v) is 27.1. The largest absolute Gasteiger partial charge is 0.507 e. The van der Waals surface area contributed by atoms with Crippen molar-refractivity contribution in [1.82, 2.24) is 10.2 Å². The average molecular weight is 644 g/mol. The summed E-state index contributed by atoms with van der Waals surface area (Å²) in [5.41, 5.74) is 2.18. The molecule has 0 aliphatic carbocycles. The number of hydrogen-bond acceptors (Lipinski definition) is 9. The van der Waals surface area contributed by atoms with E-state index in [0.29, 0.717) is 45.9 Å². The van der Waals surface area contributed by atoms with Crippen molar-refractivity contribution >= 4 is 45.7 Å². The van der Waals surface area contributed by atoms with Gasteiger partial charge in [-0.15, -0.1) is 10.2 Å². The van der Waals surface area contributed by atoms with E-state index in [1.54, 1.807) is 24.3 Å². The highest BCUT2D eigenvalue weighted by atomic mass is 32.2. The predicted molar refractivity (Wildman–Crippen MR) is 179 cm³/mol. The molecule has 3 aromatic carbocycles. The molecule has 0 bridgehead atoms. The molecule has 5 rings (SSSR count). The minimum Gasteiger partial charge on any atom is -0.507 e. The first-order valence-corrected chi connectivity index (χ1v) is 17.1. The van der Waals surface area contributed by atoms with E-state index in [0.717, 1.165) is 37.7 Å². The molecule has 4 aromatic rings. The molecule has 1 aliphatic heterocycles. The second kappa shape index (κ2) is 15.7. The minimum absolute atomic E-state index is 0.00930. The van der Waals surface area contributed by atoms with Crippen LogP contribution in [-0.2, 0) is 15.3 Å². The van der Waals surface area contributed by atoms with Crippen LogP contribution >= 0.6 is 23.1 Å². The lowest BCUT2D eigenvalue weighted by Crippen LogP contribution is -2.29. The molecule has 2 heterocycles. The van der Waals surface area contributed by atoms with Gasteiger partial charge in [-0.3, -0.25) is 14.5 Å². The van der Waals surface area contributed by atoms with Gasteiger partial charge in [-0.05, 0) is 60.4 Å². The van der Waals surface area contributed by atoms with Crippen LogP contribution in [-0.4, -0.2) is 40.2 Å². The van der Waals surface area contributed by atoms with E-state index in [1.165, 1.54) is 28.0 Å². The van der Waals surface area contributed by atoms with Gasteiger partial charge in [0.2, 0.25) is 5.13 Å². The predicted octanol–water partition coefficient (Wildman–Crippen LogP) is 8.20. The lowest BCUT2D eigenvalue weighted by atomic mass is 9.95. The number of rotatable bonds is 15. The number of hydrogen-bond donors (Lipinski definition) is 1. The fourth-order valence-corrected chi connectivity index (χ4v) is 6.73. The van der Waals surface area contributed by atoms with Crippen LogP contribution in [0.1, 0.15) is 68.7 Å². The maximum atomic E-state index is 13.6. The van der Waals surface area contributed by atoms with Gasteiger partial charge >= 0.3 is 5.91 Å². The zero-order chi connectivity index (χ0) is 31.6. The number of carbonyl (C=O) groups excluding carboxylic acids is 2. The van der Waals surface area contributed by atoms with Crippen LogP contribution in [0, 0.1) is 0 Å². The summed E-state index contributed by atoms with van der Waals surface area (Å²) >= 11 is 2.75. The summed E-state index contributed by atoms with van der Waals surface area (Å²) in [6.45, 7) is 5.44. The lowest BCUT2D eigenvalue weighted by molar-refractivity contribution is -0.132. The summed E-state index contributed by atoms with van der Waals surface area (Å²) in [6.07, 6.45) is 5.11. The molecule has 45 heavy (non-hydrogen) atoms. The standard InChI is InChI=1S/C35H37N3O5S2/c1-3-5-10-22-43-27-17-13-25(14-18-27)30-29(31(39)26-15-19-28(20-16-26)42-21-6-4-2)32(40)33(41)38(30)34-36-37-35(45-34)44-23-24-11-8-7-9-12-24/h7-9,11-20,30,39H,3-6,10,21-23H2,1-2H3. The smallest absolute Gasteiger partial charge is 0.301 e. The summed E-state index contributed by atoms with van der Waals surface area (Å²) in [5.74, 6) is 0.243. The third-order valence-corrected chi connectivity index (χ3v) is 9.49. The number of aliphatic hydroxyl groups is 1. The maximum Gasteiger partial charge on any atom is 0.301 e. The van der Waals surface area contributed by atoms with Gasteiger partial charge in [0.25, 0.3) is 5.78 Å². The number of aromatic nitrogens is 2. The Hall–Kier alpha value is -4.15. The van der Waals surface area contributed by atoms with Crippen LogP contribution < -0.4 is 14.4 Å². The van der Waals surface area contributed by atoms with Gasteiger partial charge in [0, 0.05) is 11.3 Å². The van der Waals surface area contributed by atoms with Crippen LogP contribution in [0.5, 0.6) is 11.5 Å². The summed E-state index contributed by atoms with van der Waals surface area (Å²) < 4.78 is 12.3. The summed E-state index contributed by atoms with van der Waals surface area (Å²) in [4.78, 5) is 28.6. The Morgan fingerprint density at radius 1 is 0.844 bits per heavy atom. The second-order valence-electron chi connectivity index (χ2n) is 10.6. The quantitative estimate of drug-likeness (QED) is 0.0345. The molecule has 10 heteroatoms. The number of unbranched alkanes of at least 4 members (excludes halogenated alkanes) is 3. The monoisotopic (exact) mass is 643 g/mol. The molecule has 0 spiro atoms. The molecule has 8 nitrogen and oxygen atoms in total. The lowest BCUT2D eigenvalue weighted by Gasteiger charge is -2.22. The maximum absolute atomic E-state index is 13.6. The fraction of sp³-hybridized carbons (Fsp3) is 0.314. The van der Waals surface area contributed by atoms with Crippen LogP contribution in [0.2, 0.25) is 0 Å². The molecular weight excluding hydrogens is 607 g/mol. The number of thioether (sulfide) groups is 1. The van der Waals surface area contributed by atoms with Crippen LogP contribution in [0.15, 0.2) is 88.8 Å². The van der Waals surface area contributed by atoms with Gasteiger partial charge in [0.1, 0.15) is 17.3 Å². The number of amides is 1. The van der Waals surface area contributed by atoms with E-state index in [4.69, 9.17) is 9.47 Å². The van der Waals surface area contributed by atoms with Crippen molar-refractivity contribution < 1.29 is 24.2 Å². The molecule has 1 amide bonds. The third-order valence-electron chi connectivity index (χ3n) is 7.36. The van der Waals surface area contributed by atoms with E-state index in [2.05, 4.69) is 24.0 Å². The van der Waals surface area contributed by atoms with Crippen molar-refractivity contribution in [1.29, 1.82) is 0 Å². The first-order chi connectivity index (χ1) is 22.0. The molecule has 0 saturated carbocycles. The van der Waals surface area contributed by atoms with Gasteiger partial charge in [-0.1, -0.05) is 98.7 Å². The molecule has 1 unspecified atom stereocenters. The van der Waals surface area contributed by atoms with Gasteiger partial charge in [0.15, 0.2) is 4.34 Å². The Balaban J connectivity index is 1.47. The van der Waals surface area contributed by atoms with E-state index < -0.39 is 17.7 Å².